The highest BCUT2D eigenvalue weighted by Crippen LogP contribution is 2.26. The van der Waals surface area contributed by atoms with E-state index in [-0.39, 0.29) is 25.8 Å². The molecule has 0 aliphatic heterocycles. The van der Waals surface area contributed by atoms with Gasteiger partial charge in [0.2, 0.25) is 19.3 Å². The predicted molar refractivity (Wildman–Crippen MR) is 120 cm³/mol. The average Bonchev–Trinajstić information content (AvgIpc) is 3.33. The number of amides is 1. The van der Waals surface area contributed by atoms with Crippen LogP contribution < -0.4 is 5.32 Å². The van der Waals surface area contributed by atoms with Gasteiger partial charge in [-0.1, -0.05) is 29.9 Å². The topological polar surface area (TPSA) is 118 Å². The molecule has 0 aliphatic rings. The Morgan fingerprint density at radius 1 is 1.34 bits per heavy atom. The Morgan fingerprint density at radius 3 is 2.69 bits per heavy atom. The molecule has 2 aromatic heterocycles. The number of hydrogen-bond acceptors (Lipinski definition) is 7. The molecule has 0 spiro atoms. The van der Waals surface area contributed by atoms with Crippen LogP contribution in [0.1, 0.15) is 23.9 Å². The third-order valence-electron chi connectivity index (χ3n) is 4.57. The number of aryl methyl sites for hydroxylation is 1. The number of anilines is 1. The lowest BCUT2D eigenvalue weighted by molar-refractivity contribution is -0.112. The van der Waals surface area contributed by atoms with Crippen LogP contribution in [0.3, 0.4) is 0 Å². The summed E-state index contributed by atoms with van der Waals surface area (Å²) in [6, 6.07) is 7.93. The molecule has 0 bridgehead atoms. The van der Waals surface area contributed by atoms with Crippen LogP contribution in [0.15, 0.2) is 34.2 Å². The molecule has 2 heterocycles. The maximum Gasteiger partial charge on any atom is 0.268 e. The number of nitrogens with zero attached hydrogens (tertiary/aromatic N) is 4. The average molecular weight is 494 g/mol. The number of halogens is 2. The summed E-state index contributed by atoms with van der Waals surface area (Å²) < 4.78 is 38.8. The molecule has 3 aromatic rings. The van der Waals surface area contributed by atoms with E-state index in [1.54, 1.807) is 19.1 Å². The fourth-order valence-corrected chi connectivity index (χ4v) is 5.09. The Hall–Kier alpha value is -3.07. The first-order chi connectivity index (χ1) is 15.1. The Bertz CT molecular complexity index is 1390. The number of carbonyl (C=O) groups excluding carboxylic acids is 1. The third kappa shape index (κ3) is 4.72. The third-order valence-corrected chi connectivity index (χ3v) is 7.88. The lowest BCUT2D eigenvalue weighted by atomic mass is 10.1. The van der Waals surface area contributed by atoms with Crippen molar-refractivity contribution < 1.29 is 17.6 Å². The standard InChI is InChI=1S/C20H17ClFN5O3S2/c1-4-32(29,30)20-26-25-19(31-20)24-18(28)14(10-23)8-13-7-11(2)27(12(13)3)15-5-6-17(22)16(21)9-15/h5-9H,4H2,1-3H3,(H,24,25,28). The van der Waals surface area contributed by atoms with Gasteiger partial charge in [-0.2, -0.15) is 5.26 Å². The molecule has 0 atom stereocenters. The quantitative estimate of drug-likeness (QED) is 0.314. The van der Waals surface area contributed by atoms with E-state index in [9.17, 15) is 22.9 Å². The first-order valence-corrected chi connectivity index (χ1v) is 12.1. The van der Waals surface area contributed by atoms with Crippen molar-refractivity contribution in [2.75, 3.05) is 11.1 Å². The highest BCUT2D eigenvalue weighted by atomic mass is 35.5. The van der Waals surface area contributed by atoms with Crippen molar-refractivity contribution in [2.45, 2.75) is 25.1 Å². The number of aromatic nitrogens is 3. The van der Waals surface area contributed by atoms with Gasteiger partial charge < -0.3 is 4.57 Å². The summed E-state index contributed by atoms with van der Waals surface area (Å²) in [5.41, 5.74) is 2.51. The second-order valence-corrected chi connectivity index (χ2v) is 10.5. The van der Waals surface area contributed by atoms with Gasteiger partial charge in [-0.3, -0.25) is 10.1 Å². The highest BCUT2D eigenvalue weighted by Gasteiger charge is 2.20. The van der Waals surface area contributed by atoms with Crippen LogP contribution in [0.4, 0.5) is 9.52 Å². The first kappa shape index (κ1) is 23.6. The van der Waals surface area contributed by atoms with Crippen LogP contribution in [0, 0.1) is 31.0 Å². The van der Waals surface area contributed by atoms with Gasteiger partial charge in [-0.05, 0) is 49.8 Å². The molecule has 32 heavy (non-hydrogen) atoms. The van der Waals surface area contributed by atoms with E-state index >= 15 is 0 Å². The normalized spacial score (nSPS) is 11.9. The SMILES string of the molecule is CCS(=O)(=O)c1nnc(NC(=O)C(C#N)=Cc2cc(C)n(-c3ccc(F)c(Cl)c3)c2C)s1. The van der Waals surface area contributed by atoms with Crippen molar-refractivity contribution in [1.82, 2.24) is 14.8 Å². The molecule has 1 amide bonds. The number of rotatable bonds is 6. The minimum atomic E-state index is -3.55. The molecular weight excluding hydrogens is 477 g/mol. The smallest absolute Gasteiger partial charge is 0.268 e. The van der Waals surface area contributed by atoms with E-state index in [2.05, 4.69) is 15.5 Å². The van der Waals surface area contributed by atoms with E-state index < -0.39 is 21.6 Å². The van der Waals surface area contributed by atoms with Crippen LogP contribution in [-0.4, -0.2) is 34.8 Å². The van der Waals surface area contributed by atoms with Gasteiger partial charge >= 0.3 is 0 Å². The van der Waals surface area contributed by atoms with Crippen molar-refractivity contribution >= 4 is 49.9 Å². The zero-order chi connectivity index (χ0) is 23.6. The summed E-state index contributed by atoms with van der Waals surface area (Å²) in [6.07, 6.45) is 1.41. The van der Waals surface area contributed by atoms with Gasteiger partial charge in [0.15, 0.2) is 0 Å². The van der Waals surface area contributed by atoms with Crippen molar-refractivity contribution in [3.63, 3.8) is 0 Å². The van der Waals surface area contributed by atoms with Gasteiger partial charge in [-0.15, -0.1) is 10.2 Å². The minimum absolute atomic E-state index is 0.0225. The molecule has 166 valence electrons. The number of sulfone groups is 1. The number of nitriles is 1. The Balaban J connectivity index is 1.90. The second-order valence-electron chi connectivity index (χ2n) is 6.66. The molecule has 0 radical (unpaired) electrons. The maximum absolute atomic E-state index is 13.5. The van der Waals surface area contributed by atoms with Gasteiger partial charge in [0, 0.05) is 17.1 Å². The summed E-state index contributed by atoms with van der Waals surface area (Å²) in [5.74, 6) is -1.43. The van der Waals surface area contributed by atoms with Crippen LogP contribution >= 0.6 is 22.9 Å². The Kier molecular flexibility index (Phi) is 6.78. The van der Waals surface area contributed by atoms with E-state index in [1.807, 2.05) is 17.6 Å². The van der Waals surface area contributed by atoms with E-state index in [0.29, 0.717) is 28.3 Å². The molecule has 8 nitrogen and oxygen atoms in total. The van der Waals surface area contributed by atoms with E-state index in [1.165, 1.54) is 25.1 Å². The van der Waals surface area contributed by atoms with Crippen LogP contribution in [-0.2, 0) is 14.6 Å². The lowest BCUT2D eigenvalue weighted by Gasteiger charge is -2.10. The van der Waals surface area contributed by atoms with Crippen LogP contribution in [0.2, 0.25) is 5.02 Å². The predicted octanol–water partition coefficient (Wildman–Crippen LogP) is 4.08. The largest absolute Gasteiger partial charge is 0.318 e. The molecule has 3 rings (SSSR count). The molecule has 12 heteroatoms. The number of carbonyl (C=O) groups is 1. The summed E-state index contributed by atoms with van der Waals surface area (Å²) in [4.78, 5) is 12.6. The molecular formula is C20H17ClFN5O3S2. The molecule has 1 aromatic carbocycles. The fourth-order valence-electron chi connectivity index (χ4n) is 2.93. The maximum atomic E-state index is 13.5. The molecule has 1 N–H and O–H groups in total. The van der Waals surface area contributed by atoms with Crippen molar-refractivity contribution in [3.8, 4) is 11.8 Å². The van der Waals surface area contributed by atoms with Crippen LogP contribution in [0.5, 0.6) is 0 Å². The number of hydrogen-bond donors (Lipinski definition) is 1. The summed E-state index contributed by atoms with van der Waals surface area (Å²) >= 11 is 6.61. The van der Waals surface area contributed by atoms with Crippen molar-refractivity contribution in [1.29, 1.82) is 5.26 Å². The van der Waals surface area contributed by atoms with Crippen LogP contribution in [0.25, 0.3) is 11.8 Å². The zero-order valence-corrected chi connectivity index (χ0v) is 19.6. The van der Waals surface area contributed by atoms with Gasteiger partial charge in [0.05, 0.1) is 10.8 Å². The zero-order valence-electron chi connectivity index (χ0n) is 17.2. The van der Waals surface area contributed by atoms with Gasteiger partial charge in [0.25, 0.3) is 5.91 Å². The summed E-state index contributed by atoms with van der Waals surface area (Å²) in [7, 11) is -3.55. The second kappa shape index (κ2) is 9.20. The van der Waals surface area contributed by atoms with Gasteiger partial charge in [0.1, 0.15) is 17.5 Å². The number of nitrogens with one attached hydrogen (secondary N) is 1. The highest BCUT2D eigenvalue weighted by molar-refractivity contribution is 7.93. The molecule has 0 aliphatic carbocycles. The Morgan fingerprint density at radius 2 is 2.06 bits per heavy atom. The summed E-state index contributed by atoms with van der Waals surface area (Å²) in [5, 5.41) is 19.1. The molecule has 0 unspecified atom stereocenters. The van der Waals surface area contributed by atoms with Gasteiger partial charge in [-0.25, -0.2) is 12.8 Å². The Labute approximate surface area is 192 Å². The fraction of sp³-hybridized carbons (Fsp3) is 0.200. The minimum Gasteiger partial charge on any atom is -0.318 e. The molecule has 0 saturated heterocycles. The monoisotopic (exact) mass is 493 g/mol. The molecule has 0 saturated carbocycles. The first-order valence-electron chi connectivity index (χ1n) is 9.21. The van der Waals surface area contributed by atoms with E-state index in [4.69, 9.17) is 11.6 Å². The summed E-state index contributed by atoms with van der Waals surface area (Å²) in [6.45, 7) is 5.09. The lowest BCUT2D eigenvalue weighted by Crippen LogP contribution is -2.13. The van der Waals surface area contributed by atoms with Crippen molar-refractivity contribution in [2.24, 2.45) is 0 Å². The molecule has 0 fully saturated rings. The number of benzene rings is 1. The van der Waals surface area contributed by atoms with Crippen molar-refractivity contribution in [3.05, 3.63) is 57.6 Å². The van der Waals surface area contributed by atoms with E-state index in [0.717, 1.165) is 5.69 Å².